The van der Waals surface area contributed by atoms with Gasteiger partial charge in [0.25, 0.3) is 0 Å². The second-order valence-electron chi connectivity index (χ2n) is 5.01. The molecule has 1 saturated heterocycles. The summed E-state index contributed by atoms with van der Waals surface area (Å²) in [6, 6.07) is 0. The van der Waals surface area contributed by atoms with Crippen molar-refractivity contribution in [2.75, 3.05) is 6.61 Å². The third-order valence-electron chi connectivity index (χ3n) is 4.10. The first-order valence-corrected chi connectivity index (χ1v) is 6.19. The van der Waals surface area contributed by atoms with Crippen LogP contribution in [-0.4, -0.2) is 23.2 Å². The van der Waals surface area contributed by atoms with Gasteiger partial charge in [-0.05, 0) is 38.0 Å². The number of hydrogen-bond acceptors (Lipinski definition) is 2. The summed E-state index contributed by atoms with van der Waals surface area (Å²) in [6.07, 6.45) is 8.56. The van der Waals surface area contributed by atoms with Gasteiger partial charge in [-0.25, -0.2) is 0 Å². The summed E-state index contributed by atoms with van der Waals surface area (Å²) in [4.78, 5) is 11.4. The van der Waals surface area contributed by atoms with Gasteiger partial charge in [0.1, 0.15) is 0 Å². The molecule has 0 bridgehead atoms. The Kier molecular flexibility index (Phi) is 3.29. The molecular formula is C12H21NO2. The lowest BCUT2D eigenvalue weighted by molar-refractivity contribution is -0.120. The summed E-state index contributed by atoms with van der Waals surface area (Å²) in [5.41, 5.74) is 0.102. The molecule has 1 heterocycles. The van der Waals surface area contributed by atoms with Crippen LogP contribution in [0.2, 0.25) is 0 Å². The van der Waals surface area contributed by atoms with Crippen LogP contribution in [0.4, 0.5) is 0 Å². The molecule has 0 aromatic rings. The SMILES string of the molecule is O=C1CCC2(CCCCC2CCCO)N1. The Hall–Kier alpha value is -0.570. The highest BCUT2D eigenvalue weighted by Gasteiger charge is 2.44. The molecule has 2 atom stereocenters. The molecule has 0 aromatic carbocycles. The van der Waals surface area contributed by atoms with Crippen molar-refractivity contribution in [1.29, 1.82) is 0 Å². The van der Waals surface area contributed by atoms with Crippen molar-refractivity contribution >= 4 is 5.91 Å². The minimum Gasteiger partial charge on any atom is -0.396 e. The monoisotopic (exact) mass is 211 g/mol. The summed E-state index contributed by atoms with van der Waals surface area (Å²) in [7, 11) is 0. The number of rotatable bonds is 3. The van der Waals surface area contributed by atoms with Crippen molar-refractivity contribution < 1.29 is 9.90 Å². The summed E-state index contributed by atoms with van der Waals surface area (Å²) >= 11 is 0. The molecule has 2 rings (SSSR count). The highest BCUT2D eigenvalue weighted by molar-refractivity contribution is 5.79. The summed E-state index contributed by atoms with van der Waals surface area (Å²) < 4.78 is 0. The molecule has 1 aliphatic heterocycles. The standard InChI is InChI=1S/C12H21NO2/c14-9-3-5-10-4-1-2-7-12(10)8-6-11(15)13-12/h10,14H,1-9H2,(H,13,15). The molecule has 1 amide bonds. The lowest BCUT2D eigenvalue weighted by Gasteiger charge is -2.41. The van der Waals surface area contributed by atoms with Crippen LogP contribution in [0.5, 0.6) is 0 Å². The van der Waals surface area contributed by atoms with Crippen LogP contribution in [0.25, 0.3) is 0 Å². The first kappa shape index (κ1) is 10.9. The van der Waals surface area contributed by atoms with E-state index in [0.29, 0.717) is 12.3 Å². The Bertz CT molecular complexity index is 242. The molecule has 86 valence electrons. The van der Waals surface area contributed by atoms with Crippen LogP contribution in [0.3, 0.4) is 0 Å². The van der Waals surface area contributed by atoms with E-state index in [0.717, 1.165) is 25.7 Å². The second kappa shape index (κ2) is 4.52. The normalized spacial score (nSPS) is 35.8. The first-order chi connectivity index (χ1) is 7.27. The highest BCUT2D eigenvalue weighted by atomic mass is 16.2. The van der Waals surface area contributed by atoms with E-state index in [-0.39, 0.29) is 18.1 Å². The maximum absolute atomic E-state index is 11.4. The quantitative estimate of drug-likeness (QED) is 0.745. The van der Waals surface area contributed by atoms with Gasteiger partial charge in [-0.2, -0.15) is 0 Å². The summed E-state index contributed by atoms with van der Waals surface area (Å²) in [5.74, 6) is 0.829. The fraction of sp³-hybridized carbons (Fsp3) is 0.917. The van der Waals surface area contributed by atoms with E-state index < -0.39 is 0 Å². The van der Waals surface area contributed by atoms with Crippen molar-refractivity contribution in [2.24, 2.45) is 5.92 Å². The van der Waals surface area contributed by atoms with Crippen molar-refractivity contribution in [3.63, 3.8) is 0 Å². The van der Waals surface area contributed by atoms with Gasteiger partial charge < -0.3 is 10.4 Å². The molecule has 3 heteroatoms. The number of hydrogen-bond donors (Lipinski definition) is 2. The molecule has 2 aliphatic rings. The van der Waals surface area contributed by atoms with Crippen LogP contribution in [0, 0.1) is 5.92 Å². The second-order valence-corrected chi connectivity index (χ2v) is 5.01. The number of aliphatic hydroxyl groups excluding tert-OH is 1. The van der Waals surface area contributed by atoms with Gasteiger partial charge in [0, 0.05) is 18.6 Å². The topological polar surface area (TPSA) is 49.3 Å². The minimum absolute atomic E-state index is 0.102. The Labute approximate surface area is 91.2 Å². The van der Waals surface area contributed by atoms with Gasteiger partial charge in [-0.1, -0.05) is 12.8 Å². The Morgan fingerprint density at radius 2 is 2.27 bits per heavy atom. The maximum atomic E-state index is 11.4. The van der Waals surface area contributed by atoms with Crippen LogP contribution in [0.15, 0.2) is 0 Å². The fourth-order valence-corrected chi connectivity index (χ4v) is 3.30. The molecular weight excluding hydrogens is 190 g/mol. The zero-order valence-electron chi connectivity index (χ0n) is 9.30. The van der Waals surface area contributed by atoms with Crippen molar-refractivity contribution in [1.82, 2.24) is 5.32 Å². The van der Waals surface area contributed by atoms with E-state index in [2.05, 4.69) is 5.32 Å². The zero-order chi connectivity index (χ0) is 10.7. The number of amides is 1. The molecule has 2 unspecified atom stereocenters. The first-order valence-electron chi connectivity index (χ1n) is 6.19. The van der Waals surface area contributed by atoms with E-state index in [1.54, 1.807) is 0 Å². The molecule has 1 saturated carbocycles. The smallest absolute Gasteiger partial charge is 0.220 e. The van der Waals surface area contributed by atoms with Crippen molar-refractivity contribution in [2.45, 2.75) is 56.9 Å². The van der Waals surface area contributed by atoms with Gasteiger partial charge >= 0.3 is 0 Å². The van der Waals surface area contributed by atoms with Crippen LogP contribution < -0.4 is 5.32 Å². The maximum Gasteiger partial charge on any atom is 0.220 e. The zero-order valence-corrected chi connectivity index (χ0v) is 9.30. The minimum atomic E-state index is 0.102. The van der Waals surface area contributed by atoms with Gasteiger partial charge in [0.15, 0.2) is 0 Å². The average Bonchev–Trinajstić information content (AvgIpc) is 2.60. The van der Waals surface area contributed by atoms with Crippen LogP contribution in [0.1, 0.15) is 51.4 Å². The molecule has 0 radical (unpaired) electrons. The summed E-state index contributed by atoms with van der Waals surface area (Å²) in [6.45, 7) is 0.278. The molecule has 3 nitrogen and oxygen atoms in total. The van der Waals surface area contributed by atoms with Crippen LogP contribution >= 0.6 is 0 Å². The van der Waals surface area contributed by atoms with E-state index in [9.17, 15) is 4.79 Å². The number of aliphatic hydroxyl groups is 1. The average molecular weight is 211 g/mol. The fourth-order valence-electron chi connectivity index (χ4n) is 3.30. The Balaban J connectivity index is 2.02. The van der Waals surface area contributed by atoms with E-state index in [1.165, 1.54) is 19.3 Å². The predicted molar refractivity (Wildman–Crippen MR) is 58.4 cm³/mol. The predicted octanol–water partition coefficient (Wildman–Crippen LogP) is 1.60. The highest BCUT2D eigenvalue weighted by Crippen LogP contribution is 2.42. The molecule has 0 aromatic heterocycles. The Morgan fingerprint density at radius 3 is 2.93 bits per heavy atom. The largest absolute Gasteiger partial charge is 0.396 e. The summed E-state index contributed by atoms with van der Waals surface area (Å²) in [5, 5.41) is 12.1. The van der Waals surface area contributed by atoms with Gasteiger partial charge in [0.05, 0.1) is 0 Å². The van der Waals surface area contributed by atoms with E-state index >= 15 is 0 Å². The van der Waals surface area contributed by atoms with E-state index in [1.807, 2.05) is 0 Å². The Morgan fingerprint density at radius 1 is 1.40 bits per heavy atom. The van der Waals surface area contributed by atoms with Crippen LogP contribution in [-0.2, 0) is 4.79 Å². The molecule has 1 aliphatic carbocycles. The lowest BCUT2D eigenvalue weighted by atomic mass is 9.70. The third-order valence-corrected chi connectivity index (χ3v) is 4.10. The number of carbonyl (C=O) groups is 1. The van der Waals surface area contributed by atoms with Crippen molar-refractivity contribution in [3.8, 4) is 0 Å². The van der Waals surface area contributed by atoms with Gasteiger partial charge in [0.2, 0.25) is 5.91 Å². The number of nitrogens with one attached hydrogen (secondary N) is 1. The third kappa shape index (κ3) is 2.17. The molecule has 2 fully saturated rings. The van der Waals surface area contributed by atoms with E-state index in [4.69, 9.17) is 5.11 Å². The molecule has 15 heavy (non-hydrogen) atoms. The van der Waals surface area contributed by atoms with Crippen molar-refractivity contribution in [3.05, 3.63) is 0 Å². The lowest BCUT2D eigenvalue weighted by Crippen LogP contribution is -2.50. The molecule has 2 N–H and O–H groups in total. The van der Waals surface area contributed by atoms with Gasteiger partial charge in [-0.15, -0.1) is 0 Å². The molecule has 1 spiro atoms. The number of carbonyl (C=O) groups excluding carboxylic acids is 1. The van der Waals surface area contributed by atoms with Gasteiger partial charge in [-0.3, -0.25) is 4.79 Å².